The zero-order valence-corrected chi connectivity index (χ0v) is 18.3. The lowest BCUT2D eigenvalue weighted by Gasteiger charge is -2.26. The minimum Gasteiger partial charge on any atom is -0.478 e. The summed E-state index contributed by atoms with van der Waals surface area (Å²) in [7, 11) is 0. The van der Waals surface area contributed by atoms with Gasteiger partial charge < -0.3 is 19.7 Å². The van der Waals surface area contributed by atoms with E-state index < -0.39 is 5.97 Å². The number of pyridine rings is 2. The van der Waals surface area contributed by atoms with E-state index in [0.29, 0.717) is 28.7 Å². The Morgan fingerprint density at radius 2 is 1.91 bits per heavy atom. The van der Waals surface area contributed by atoms with Gasteiger partial charge in [-0.15, -0.1) is 0 Å². The second-order valence-corrected chi connectivity index (χ2v) is 8.06. The first-order valence-corrected chi connectivity index (χ1v) is 10.8. The van der Waals surface area contributed by atoms with Crippen molar-refractivity contribution in [3.8, 4) is 11.3 Å². The molecular formula is C25H20N4O3S. The molecule has 0 amide bonds. The number of hydrogen-bond acceptors (Lipinski definition) is 5. The van der Waals surface area contributed by atoms with E-state index in [1.807, 2.05) is 42.6 Å². The minimum absolute atomic E-state index is 0.187. The number of carboxylic acids is 1. The van der Waals surface area contributed by atoms with Crippen molar-refractivity contribution in [2.45, 2.75) is 18.6 Å². The van der Waals surface area contributed by atoms with Crippen LogP contribution < -0.4 is 5.32 Å². The third-order valence-corrected chi connectivity index (χ3v) is 5.97. The fraction of sp³-hybridized carbons (Fsp3) is 0.120. The molecular weight excluding hydrogens is 436 g/mol. The summed E-state index contributed by atoms with van der Waals surface area (Å²) in [4.78, 5) is 22.5. The Hall–Kier alpha value is -4.04. The van der Waals surface area contributed by atoms with Gasteiger partial charge in [-0.05, 0) is 54.2 Å². The van der Waals surface area contributed by atoms with Crippen molar-refractivity contribution in [2.24, 2.45) is 0 Å². The Morgan fingerprint density at radius 3 is 2.67 bits per heavy atom. The molecule has 164 valence electrons. The Balaban J connectivity index is 1.56. The molecule has 0 spiro atoms. The number of hydrogen-bond donors (Lipinski definition) is 2. The van der Waals surface area contributed by atoms with Gasteiger partial charge in [-0.1, -0.05) is 30.3 Å². The van der Waals surface area contributed by atoms with E-state index in [1.165, 1.54) is 0 Å². The lowest BCUT2D eigenvalue weighted by atomic mass is 10.0. The molecule has 4 aromatic rings. The Labute approximate surface area is 195 Å². The standard InChI is InChI=1S/C25H20N4O3S/c30-24(31)18-8-2-1-7-17(18)20-10-11-21(32-20)23-22(19-9-3-4-13-27-19)28-25(33)29(23)15-16-6-5-12-26-14-16/h1-14,22-23H,15H2,(H,28,33)(H,30,31)/t22-,23-/m0/s1. The molecule has 0 saturated carbocycles. The van der Waals surface area contributed by atoms with Crippen molar-refractivity contribution in [3.05, 3.63) is 108 Å². The number of nitrogens with one attached hydrogen (secondary N) is 1. The van der Waals surface area contributed by atoms with E-state index in [4.69, 9.17) is 16.6 Å². The van der Waals surface area contributed by atoms with Crippen molar-refractivity contribution < 1.29 is 14.3 Å². The second-order valence-electron chi connectivity index (χ2n) is 7.67. The monoisotopic (exact) mass is 456 g/mol. The van der Waals surface area contributed by atoms with Crippen LogP contribution in [-0.2, 0) is 6.54 Å². The van der Waals surface area contributed by atoms with Gasteiger partial charge in [-0.2, -0.15) is 0 Å². The predicted molar refractivity (Wildman–Crippen MR) is 126 cm³/mol. The quantitative estimate of drug-likeness (QED) is 0.407. The summed E-state index contributed by atoms with van der Waals surface area (Å²) in [5, 5.41) is 13.6. The lowest BCUT2D eigenvalue weighted by molar-refractivity contribution is 0.0697. The fourth-order valence-corrected chi connectivity index (χ4v) is 4.42. The Morgan fingerprint density at radius 1 is 1.06 bits per heavy atom. The third kappa shape index (κ3) is 4.08. The van der Waals surface area contributed by atoms with Crippen molar-refractivity contribution in [2.75, 3.05) is 0 Å². The summed E-state index contributed by atoms with van der Waals surface area (Å²) in [6.07, 6.45) is 5.29. The first-order valence-electron chi connectivity index (χ1n) is 10.4. The molecule has 0 aliphatic carbocycles. The number of rotatable bonds is 6. The average Bonchev–Trinajstić information content (AvgIpc) is 3.45. The summed E-state index contributed by atoms with van der Waals surface area (Å²) in [6, 6.07) is 19.6. The molecule has 0 unspecified atom stereocenters. The summed E-state index contributed by atoms with van der Waals surface area (Å²) in [5.41, 5.74) is 2.56. The number of carbonyl (C=O) groups is 1. The van der Waals surface area contributed by atoms with Gasteiger partial charge >= 0.3 is 5.97 Å². The zero-order valence-electron chi connectivity index (χ0n) is 17.5. The molecule has 2 atom stereocenters. The van der Waals surface area contributed by atoms with Gasteiger partial charge in [0.05, 0.1) is 17.3 Å². The van der Waals surface area contributed by atoms with Crippen LogP contribution in [0.15, 0.2) is 89.7 Å². The Kier molecular flexibility index (Phi) is 5.58. The molecule has 1 aliphatic rings. The van der Waals surface area contributed by atoms with Gasteiger partial charge in [0.2, 0.25) is 0 Å². The molecule has 8 heteroatoms. The average molecular weight is 457 g/mol. The van der Waals surface area contributed by atoms with E-state index in [2.05, 4.69) is 20.2 Å². The molecule has 1 aromatic carbocycles. The molecule has 1 saturated heterocycles. The van der Waals surface area contributed by atoms with Gasteiger partial charge in [0.15, 0.2) is 5.11 Å². The van der Waals surface area contributed by atoms with E-state index in [1.54, 1.807) is 42.7 Å². The van der Waals surface area contributed by atoms with Gasteiger partial charge in [-0.25, -0.2) is 4.79 Å². The number of benzene rings is 1. The largest absolute Gasteiger partial charge is 0.478 e. The highest BCUT2D eigenvalue weighted by molar-refractivity contribution is 7.80. The maximum Gasteiger partial charge on any atom is 0.336 e. The van der Waals surface area contributed by atoms with Gasteiger partial charge in [0.25, 0.3) is 0 Å². The smallest absolute Gasteiger partial charge is 0.336 e. The molecule has 5 rings (SSSR count). The number of nitrogens with zero attached hydrogens (tertiary/aromatic N) is 3. The first kappa shape index (κ1) is 20.8. The topological polar surface area (TPSA) is 91.5 Å². The highest BCUT2D eigenvalue weighted by Crippen LogP contribution is 2.41. The number of furan rings is 1. The van der Waals surface area contributed by atoms with Gasteiger partial charge in [0.1, 0.15) is 17.6 Å². The highest BCUT2D eigenvalue weighted by Gasteiger charge is 2.41. The van der Waals surface area contributed by atoms with Crippen LogP contribution in [0.4, 0.5) is 0 Å². The van der Waals surface area contributed by atoms with Crippen molar-refractivity contribution in [1.82, 2.24) is 20.2 Å². The van der Waals surface area contributed by atoms with Crippen LogP contribution in [0, 0.1) is 0 Å². The van der Waals surface area contributed by atoms with Crippen LogP contribution in [-0.4, -0.2) is 31.1 Å². The number of carboxylic acid groups (broad SMARTS) is 1. The molecule has 3 aromatic heterocycles. The molecule has 33 heavy (non-hydrogen) atoms. The normalized spacial score (nSPS) is 17.7. The maximum absolute atomic E-state index is 11.7. The van der Waals surface area contributed by atoms with Crippen LogP contribution in [0.2, 0.25) is 0 Å². The van der Waals surface area contributed by atoms with Crippen LogP contribution >= 0.6 is 12.2 Å². The van der Waals surface area contributed by atoms with E-state index in [-0.39, 0.29) is 17.6 Å². The lowest BCUT2D eigenvalue weighted by Crippen LogP contribution is -2.29. The number of aromatic carboxylic acids is 1. The summed E-state index contributed by atoms with van der Waals surface area (Å²) in [5.74, 6) is 0.149. The summed E-state index contributed by atoms with van der Waals surface area (Å²) >= 11 is 5.70. The van der Waals surface area contributed by atoms with Crippen LogP contribution in [0.1, 0.15) is 39.5 Å². The summed E-state index contributed by atoms with van der Waals surface area (Å²) in [6.45, 7) is 0.537. The predicted octanol–water partition coefficient (Wildman–Crippen LogP) is 4.61. The molecule has 4 heterocycles. The van der Waals surface area contributed by atoms with Gasteiger partial charge in [-0.3, -0.25) is 9.97 Å². The van der Waals surface area contributed by atoms with Crippen molar-refractivity contribution in [3.63, 3.8) is 0 Å². The van der Waals surface area contributed by atoms with Crippen LogP contribution in [0.3, 0.4) is 0 Å². The van der Waals surface area contributed by atoms with E-state index >= 15 is 0 Å². The van der Waals surface area contributed by atoms with Crippen LogP contribution in [0.25, 0.3) is 11.3 Å². The van der Waals surface area contributed by atoms with E-state index in [9.17, 15) is 9.90 Å². The Bertz CT molecular complexity index is 1290. The zero-order chi connectivity index (χ0) is 22.8. The first-order chi connectivity index (χ1) is 16.1. The van der Waals surface area contributed by atoms with Gasteiger partial charge in [0, 0.05) is 30.7 Å². The summed E-state index contributed by atoms with van der Waals surface area (Å²) < 4.78 is 6.26. The fourth-order valence-electron chi connectivity index (χ4n) is 4.11. The third-order valence-electron chi connectivity index (χ3n) is 5.61. The van der Waals surface area contributed by atoms with E-state index in [0.717, 1.165) is 11.3 Å². The molecule has 1 fully saturated rings. The maximum atomic E-state index is 11.7. The van der Waals surface area contributed by atoms with Crippen molar-refractivity contribution >= 4 is 23.3 Å². The minimum atomic E-state index is -1.00. The van der Waals surface area contributed by atoms with Crippen molar-refractivity contribution in [1.29, 1.82) is 0 Å². The molecule has 0 bridgehead atoms. The SMILES string of the molecule is O=C(O)c1ccccc1-c1ccc([C@H]2[C@H](c3ccccn3)NC(=S)N2Cc2cccnc2)o1. The molecule has 7 nitrogen and oxygen atoms in total. The highest BCUT2D eigenvalue weighted by atomic mass is 32.1. The number of aromatic nitrogens is 2. The molecule has 2 N–H and O–H groups in total. The molecule has 0 radical (unpaired) electrons. The number of thiocarbonyl (C=S) groups is 1. The van der Waals surface area contributed by atoms with Crippen LogP contribution in [0.5, 0.6) is 0 Å². The second kappa shape index (κ2) is 8.84. The molecule has 1 aliphatic heterocycles.